The molecule has 0 bridgehead atoms. The van der Waals surface area contributed by atoms with Gasteiger partial charge in [0.2, 0.25) is 0 Å². The lowest BCUT2D eigenvalue weighted by Gasteiger charge is -2.37. The first kappa shape index (κ1) is 16.3. The van der Waals surface area contributed by atoms with E-state index in [-0.39, 0.29) is 0 Å². The van der Waals surface area contributed by atoms with Crippen LogP contribution in [0.1, 0.15) is 71.6 Å². The molecule has 2 fully saturated rings. The molecule has 2 rings (SSSR count). The minimum absolute atomic E-state index is 0.786. The SMILES string of the molecule is CC(C)CNCCCCCCN1CCCC2CCCC21. The zero-order valence-corrected chi connectivity index (χ0v) is 13.9. The van der Waals surface area contributed by atoms with E-state index >= 15 is 0 Å². The van der Waals surface area contributed by atoms with E-state index in [1.165, 1.54) is 84.0 Å². The molecule has 118 valence electrons. The molecule has 20 heavy (non-hydrogen) atoms. The fourth-order valence-corrected chi connectivity index (χ4v) is 4.14. The molecule has 0 aromatic rings. The van der Waals surface area contributed by atoms with Crippen molar-refractivity contribution in [1.29, 1.82) is 0 Å². The summed E-state index contributed by atoms with van der Waals surface area (Å²) in [5.74, 6) is 1.84. The number of rotatable bonds is 9. The molecular weight excluding hydrogens is 244 g/mol. The molecule has 0 radical (unpaired) electrons. The van der Waals surface area contributed by atoms with Gasteiger partial charge < -0.3 is 10.2 Å². The van der Waals surface area contributed by atoms with E-state index in [0.29, 0.717) is 0 Å². The predicted octanol–water partition coefficient (Wildman–Crippen LogP) is 4.06. The van der Waals surface area contributed by atoms with E-state index in [9.17, 15) is 0 Å². The molecule has 0 amide bonds. The van der Waals surface area contributed by atoms with Crippen LogP contribution in [0.4, 0.5) is 0 Å². The zero-order chi connectivity index (χ0) is 14.2. The van der Waals surface area contributed by atoms with Gasteiger partial charge in [-0.2, -0.15) is 0 Å². The van der Waals surface area contributed by atoms with Gasteiger partial charge in [-0.05, 0) is 76.5 Å². The minimum Gasteiger partial charge on any atom is -0.316 e. The van der Waals surface area contributed by atoms with Gasteiger partial charge in [-0.3, -0.25) is 0 Å². The van der Waals surface area contributed by atoms with Crippen molar-refractivity contribution < 1.29 is 0 Å². The monoisotopic (exact) mass is 280 g/mol. The Bertz CT molecular complexity index is 252. The molecule has 0 spiro atoms. The van der Waals surface area contributed by atoms with E-state index in [2.05, 4.69) is 24.1 Å². The number of hydrogen-bond acceptors (Lipinski definition) is 2. The lowest BCUT2D eigenvalue weighted by atomic mass is 9.92. The van der Waals surface area contributed by atoms with Crippen LogP contribution in [0.2, 0.25) is 0 Å². The maximum absolute atomic E-state index is 3.54. The van der Waals surface area contributed by atoms with Gasteiger partial charge in [0.15, 0.2) is 0 Å². The van der Waals surface area contributed by atoms with Gasteiger partial charge in [-0.1, -0.05) is 33.1 Å². The first-order valence-electron chi connectivity index (χ1n) is 9.22. The second-order valence-electron chi connectivity index (χ2n) is 7.45. The van der Waals surface area contributed by atoms with Crippen molar-refractivity contribution in [2.24, 2.45) is 11.8 Å². The molecule has 2 nitrogen and oxygen atoms in total. The number of hydrogen-bond donors (Lipinski definition) is 1. The van der Waals surface area contributed by atoms with E-state index in [4.69, 9.17) is 0 Å². The van der Waals surface area contributed by atoms with Gasteiger partial charge >= 0.3 is 0 Å². The van der Waals surface area contributed by atoms with Crippen LogP contribution in [0.15, 0.2) is 0 Å². The molecule has 2 aliphatic rings. The molecule has 1 saturated carbocycles. The highest BCUT2D eigenvalue weighted by Crippen LogP contribution is 2.36. The number of fused-ring (bicyclic) bond motifs is 1. The Labute approximate surface area is 126 Å². The molecule has 1 N–H and O–H groups in total. The van der Waals surface area contributed by atoms with Crippen molar-refractivity contribution >= 4 is 0 Å². The lowest BCUT2D eigenvalue weighted by molar-refractivity contribution is 0.111. The Morgan fingerprint density at radius 2 is 1.80 bits per heavy atom. The number of likely N-dealkylation sites (tertiary alicyclic amines) is 1. The topological polar surface area (TPSA) is 15.3 Å². The maximum Gasteiger partial charge on any atom is 0.0123 e. The van der Waals surface area contributed by atoms with Crippen LogP contribution in [0, 0.1) is 11.8 Å². The molecule has 2 heteroatoms. The van der Waals surface area contributed by atoms with Crippen molar-refractivity contribution in [3.63, 3.8) is 0 Å². The quantitative estimate of drug-likeness (QED) is 0.641. The van der Waals surface area contributed by atoms with Gasteiger partial charge in [0.25, 0.3) is 0 Å². The standard InChI is InChI=1S/C18H36N2/c1-16(2)15-19-12-5-3-4-6-13-20-14-8-10-17-9-7-11-18(17)20/h16-19H,3-15H2,1-2H3. The molecule has 2 unspecified atom stereocenters. The highest BCUT2D eigenvalue weighted by molar-refractivity contribution is 4.88. The largest absolute Gasteiger partial charge is 0.316 e. The predicted molar refractivity (Wildman–Crippen MR) is 88.1 cm³/mol. The summed E-state index contributed by atoms with van der Waals surface area (Å²) in [4.78, 5) is 2.83. The van der Waals surface area contributed by atoms with Gasteiger partial charge in [-0.25, -0.2) is 0 Å². The summed E-state index contributed by atoms with van der Waals surface area (Å²) in [5.41, 5.74) is 0. The van der Waals surface area contributed by atoms with Crippen molar-refractivity contribution in [2.75, 3.05) is 26.2 Å². The van der Waals surface area contributed by atoms with Crippen LogP contribution in [-0.4, -0.2) is 37.1 Å². The van der Waals surface area contributed by atoms with E-state index < -0.39 is 0 Å². The molecule has 1 aliphatic heterocycles. The van der Waals surface area contributed by atoms with Gasteiger partial charge in [0, 0.05) is 6.04 Å². The molecular formula is C18H36N2. The number of unbranched alkanes of at least 4 members (excludes halogenated alkanes) is 3. The normalized spacial score (nSPS) is 27.1. The summed E-state index contributed by atoms with van der Waals surface area (Å²) in [7, 11) is 0. The molecule has 0 aromatic heterocycles. The van der Waals surface area contributed by atoms with E-state index in [0.717, 1.165) is 17.9 Å². The lowest BCUT2D eigenvalue weighted by Crippen LogP contribution is -2.42. The third-order valence-corrected chi connectivity index (χ3v) is 5.21. The van der Waals surface area contributed by atoms with Crippen LogP contribution in [0.3, 0.4) is 0 Å². The van der Waals surface area contributed by atoms with E-state index in [1.807, 2.05) is 0 Å². The highest BCUT2D eigenvalue weighted by atomic mass is 15.2. The third kappa shape index (κ3) is 5.37. The Hall–Kier alpha value is -0.0800. The first-order chi connectivity index (χ1) is 9.77. The van der Waals surface area contributed by atoms with Crippen LogP contribution in [0.5, 0.6) is 0 Å². The number of piperidine rings is 1. The van der Waals surface area contributed by atoms with Crippen molar-refractivity contribution in [2.45, 2.75) is 77.7 Å². The molecule has 1 saturated heterocycles. The van der Waals surface area contributed by atoms with Gasteiger partial charge in [0.1, 0.15) is 0 Å². The summed E-state index contributed by atoms with van der Waals surface area (Å²) in [6, 6.07) is 0.969. The van der Waals surface area contributed by atoms with Crippen molar-refractivity contribution in [3.05, 3.63) is 0 Å². The first-order valence-corrected chi connectivity index (χ1v) is 9.22. The zero-order valence-electron chi connectivity index (χ0n) is 13.9. The maximum atomic E-state index is 3.54. The fourth-order valence-electron chi connectivity index (χ4n) is 4.14. The molecule has 1 heterocycles. The number of nitrogens with zero attached hydrogens (tertiary/aromatic N) is 1. The summed E-state index contributed by atoms with van der Waals surface area (Å²) < 4.78 is 0. The van der Waals surface area contributed by atoms with Gasteiger partial charge in [-0.15, -0.1) is 0 Å². The summed E-state index contributed by atoms with van der Waals surface area (Å²) >= 11 is 0. The van der Waals surface area contributed by atoms with E-state index in [1.54, 1.807) is 0 Å². The van der Waals surface area contributed by atoms with Crippen molar-refractivity contribution in [3.8, 4) is 0 Å². The molecule has 0 aromatic carbocycles. The second kappa shape index (κ2) is 9.04. The van der Waals surface area contributed by atoms with Gasteiger partial charge in [0.05, 0.1) is 0 Å². The summed E-state index contributed by atoms with van der Waals surface area (Å²) in [5, 5.41) is 3.54. The second-order valence-corrected chi connectivity index (χ2v) is 7.45. The minimum atomic E-state index is 0.786. The number of nitrogens with one attached hydrogen (secondary N) is 1. The smallest absolute Gasteiger partial charge is 0.0123 e. The fraction of sp³-hybridized carbons (Fsp3) is 1.00. The molecule has 2 atom stereocenters. The van der Waals surface area contributed by atoms with Crippen LogP contribution < -0.4 is 5.32 Å². The van der Waals surface area contributed by atoms with Crippen LogP contribution >= 0.6 is 0 Å². The summed E-state index contributed by atoms with van der Waals surface area (Å²) in [6.45, 7) is 9.71. The van der Waals surface area contributed by atoms with Crippen molar-refractivity contribution in [1.82, 2.24) is 10.2 Å². The average molecular weight is 280 g/mol. The third-order valence-electron chi connectivity index (χ3n) is 5.21. The highest BCUT2D eigenvalue weighted by Gasteiger charge is 2.34. The van der Waals surface area contributed by atoms with Crippen LogP contribution in [-0.2, 0) is 0 Å². The average Bonchev–Trinajstić information content (AvgIpc) is 2.90. The Kier molecular flexibility index (Phi) is 7.37. The summed E-state index contributed by atoms with van der Waals surface area (Å²) in [6.07, 6.45) is 13.1. The molecule has 1 aliphatic carbocycles. The Morgan fingerprint density at radius 1 is 1.00 bits per heavy atom. The Morgan fingerprint density at radius 3 is 2.65 bits per heavy atom. The Balaban J connectivity index is 1.46. The van der Waals surface area contributed by atoms with Crippen LogP contribution in [0.25, 0.3) is 0 Å².